The predicted octanol–water partition coefficient (Wildman–Crippen LogP) is 5.63. The van der Waals surface area contributed by atoms with E-state index in [1.54, 1.807) is 0 Å². The highest BCUT2D eigenvalue weighted by Gasteiger charge is 2.33. The fraction of sp³-hybridized carbons (Fsp3) is 0.0500. The molecule has 0 atom stereocenters. The van der Waals surface area contributed by atoms with Crippen LogP contribution in [0.4, 0.5) is 17.6 Å². The summed E-state index contributed by atoms with van der Waals surface area (Å²) in [6.07, 6.45) is -4.73. The van der Waals surface area contributed by atoms with Gasteiger partial charge in [-0.25, -0.2) is 4.39 Å². The second-order valence-electron chi connectivity index (χ2n) is 6.13. The van der Waals surface area contributed by atoms with Crippen LogP contribution in [-0.2, 0) is 6.18 Å². The van der Waals surface area contributed by atoms with Crippen molar-refractivity contribution in [1.29, 1.82) is 0 Å². The minimum absolute atomic E-state index is 0.0158. The average molecular weight is 425 g/mol. The van der Waals surface area contributed by atoms with Gasteiger partial charge in [0.05, 0.1) is 5.56 Å². The van der Waals surface area contributed by atoms with Crippen molar-refractivity contribution >= 4 is 17.4 Å². The van der Waals surface area contributed by atoms with Crippen molar-refractivity contribution in [1.82, 2.24) is 0 Å². The largest absolute Gasteiger partial charge is 0.508 e. The van der Waals surface area contributed by atoms with Gasteiger partial charge in [0.1, 0.15) is 11.6 Å². The minimum Gasteiger partial charge on any atom is -0.508 e. The quantitative estimate of drug-likeness (QED) is 0.167. The molecule has 150 valence electrons. The van der Waals surface area contributed by atoms with E-state index in [0.29, 0.717) is 6.07 Å². The summed E-state index contributed by atoms with van der Waals surface area (Å²) < 4.78 is 54.5. The molecule has 3 aromatic rings. The van der Waals surface area contributed by atoms with E-state index in [1.165, 1.54) is 30.3 Å². The Bertz CT molecular complexity index is 1080. The average Bonchev–Trinajstić information content (AvgIpc) is 2.65. The van der Waals surface area contributed by atoms with Crippen molar-refractivity contribution < 1.29 is 27.9 Å². The number of hydrogen-bond donors (Lipinski definition) is 3. The molecule has 0 aliphatic rings. The van der Waals surface area contributed by atoms with Crippen molar-refractivity contribution in [2.24, 2.45) is 10.9 Å². The Hall–Kier alpha value is -3.26. The monoisotopic (exact) mass is 424 g/mol. The van der Waals surface area contributed by atoms with Crippen molar-refractivity contribution in [3.8, 4) is 28.0 Å². The van der Waals surface area contributed by atoms with Crippen LogP contribution >= 0.6 is 11.6 Å². The third-order valence-corrected chi connectivity index (χ3v) is 4.40. The maximum atomic E-state index is 14.0. The molecule has 0 aliphatic carbocycles. The van der Waals surface area contributed by atoms with E-state index < -0.39 is 23.4 Å². The van der Waals surface area contributed by atoms with Gasteiger partial charge in [-0.15, -0.1) is 0 Å². The Balaban J connectivity index is 2.46. The van der Waals surface area contributed by atoms with E-state index in [2.05, 4.69) is 5.16 Å². The van der Waals surface area contributed by atoms with Crippen molar-refractivity contribution in [3.63, 3.8) is 0 Å². The summed E-state index contributed by atoms with van der Waals surface area (Å²) in [4.78, 5) is 0. The van der Waals surface area contributed by atoms with Crippen LogP contribution in [0.15, 0.2) is 59.8 Å². The van der Waals surface area contributed by atoms with Crippen molar-refractivity contribution in [2.45, 2.75) is 6.18 Å². The number of hydrogen-bond acceptors (Lipinski definition) is 3. The molecule has 0 aliphatic heterocycles. The summed E-state index contributed by atoms with van der Waals surface area (Å²) in [7, 11) is 0. The van der Waals surface area contributed by atoms with Gasteiger partial charge in [0.2, 0.25) is 0 Å². The van der Waals surface area contributed by atoms with Gasteiger partial charge >= 0.3 is 6.18 Å². The highest BCUT2D eigenvalue weighted by molar-refractivity contribution is 6.31. The predicted molar refractivity (Wildman–Crippen MR) is 101 cm³/mol. The zero-order valence-electron chi connectivity index (χ0n) is 14.5. The zero-order chi connectivity index (χ0) is 21.3. The minimum atomic E-state index is -4.73. The molecule has 29 heavy (non-hydrogen) atoms. The first-order valence-corrected chi connectivity index (χ1v) is 8.47. The van der Waals surface area contributed by atoms with Crippen LogP contribution in [0.25, 0.3) is 22.3 Å². The Morgan fingerprint density at radius 3 is 2.17 bits per heavy atom. The van der Waals surface area contributed by atoms with E-state index in [4.69, 9.17) is 22.5 Å². The smallest absolute Gasteiger partial charge is 0.416 e. The lowest BCUT2D eigenvalue weighted by Crippen LogP contribution is -2.17. The SMILES string of the molecule is N/C(=N/O)c1cc(C(F)(F)F)cc(-c2ccc(O)cc2)c1-c1cc(F)cc(Cl)c1. The van der Waals surface area contributed by atoms with Gasteiger partial charge in [0.15, 0.2) is 5.84 Å². The highest BCUT2D eigenvalue weighted by atomic mass is 35.5. The summed E-state index contributed by atoms with van der Waals surface area (Å²) in [5.74, 6) is -1.39. The molecular weight excluding hydrogens is 412 g/mol. The van der Waals surface area contributed by atoms with E-state index in [1.807, 2.05) is 0 Å². The molecule has 0 amide bonds. The number of oxime groups is 1. The number of nitrogens with zero attached hydrogens (tertiary/aromatic N) is 1. The van der Waals surface area contributed by atoms with Gasteiger partial charge in [0.25, 0.3) is 0 Å². The number of amidine groups is 1. The summed E-state index contributed by atoms with van der Waals surface area (Å²) in [6, 6.07) is 10.4. The summed E-state index contributed by atoms with van der Waals surface area (Å²) in [6.45, 7) is 0. The number of nitrogens with two attached hydrogens (primary N) is 1. The molecule has 4 nitrogen and oxygen atoms in total. The van der Waals surface area contributed by atoms with Gasteiger partial charge in [-0.3, -0.25) is 0 Å². The molecule has 0 unspecified atom stereocenters. The molecule has 3 rings (SSSR count). The van der Waals surface area contributed by atoms with Gasteiger partial charge < -0.3 is 16.0 Å². The molecule has 9 heteroatoms. The molecule has 0 saturated heterocycles. The van der Waals surface area contributed by atoms with Gasteiger partial charge in [-0.1, -0.05) is 28.9 Å². The Kier molecular flexibility index (Phi) is 5.39. The number of halogens is 5. The third-order valence-electron chi connectivity index (χ3n) is 4.18. The number of rotatable bonds is 3. The van der Waals surface area contributed by atoms with E-state index in [-0.39, 0.29) is 38.6 Å². The third kappa shape index (κ3) is 4.27. The normalized spacial score (nSPS) is 12.2. The summed E-state index contributed by atoms with van der Waals surface area (Å²) in [5, 5.41) is 21.5. The molecule has 0 saturated carbocycles. The molecule has 3 aromatic carbocycles. The molecule has 0 bridgehead atoms. The zero-order valence-corrected chi connectivity index (χ0v) is 15.3. The lowest BCUT2D eigenvalue weighted by Gasteiger charge is -2.19. The van der Waals surface area contributed by atoms with Crippen LogP contribution in [0.3, 0.4) is 0 Å². The second kappa shape index (κ2) is 7.63. The Morgan fingerprint density at radius 1 is 0.966 bits per heavy atom. The Morgan fingerprint density at radius 2 is 1.62 bits per heavy atom. The first kappa shape index (κ1) is 20.5. The van der Waals surface area contributed by atoms with Crippen LogP contribution in [0.5, 0.6) is 5.75 Å². The van der Waals surface area contributed by atoms with E-state index >= 15 is 0 Å². The lowest BCUT2D eigenvalue weighted by molar-refractivity contribution is -0.137. The van der Waals surface area contributed by atoms with Crippen molar-refractivity contribution in [2.75, 3.05) is 0 Å². The standard InChI is InChI=1S/C20H13ClF4N2O2/c21-13-5-11(6-14(22)9-13)18-16(10-1-3-15(28)4-2-10)7-12(20(23,24)25)8-17(18)19(26)27-29/h1-9,28-29H,(H2,26,27). The van der Waals surface area contributed by atoms with E-state index in [9.17, 15) is 22.7 Å². The molecule has 0 spiro atoms. The van der Waals surface area contributed by atoms with Gasteiger partial charge in [-0.05, 0) is 59.2 Å². The molecule has 0 fully saturated rings. The molecule has 0 aromatic heterocycles. The van der Waals surface area contributed by atoms with Gasteiger partial charge in [0, 0.05) is 16.1 Å². The second-order valence-corrected chi connectivity index (χ2v) is 6.57. The maximum Gasteiger partial charge on any atom is 0.416 e. The fourth-order valence-corrected chi connectivity index (χ4v) is 3.16. The number of aromatic hydroxyl groups is 1. The molecule has 4 N–H and O–H groups in total. The van der Waals surface area contributed by atoms with Crippen LogP contribution in [-0.4, -0.2) is 16.1 Å². The fourth-order valence-electron chi connectivity index (χ4n) is 2.94. The first-order chi connectivity index (χ1) is 13.6. The Labute approximate surface area is 167 Å². The van der Waals surface area contributed by atoms with Crippen LogP contribution in [0.1, 0.15) is 11.1 Å². The summed E-state index contributed by atoms with van der Waals surface area (Å²) in [5.41, 5.74) is 4.89. The summed E-state index contributed by atoms with van der Waals surface area (Å²) >= 11 is 5.92. The van der Waals surface area contributed by atoms with Crippen LogP contribution < -0.4 is 5.73 Å². The van der Waals surface area contributed by atoms with Gasteiger partial charge in [-0.2, -0.15) is 13.2 Å². The highest BCUT2D eigenvalue weighted by Crippen LogP contribution is 2.41. The first-order valence-electron chi connectivity index (χ1n) is 8.09. The molecule has 0 heterocycles. The van der Waals surface area contributed by atoms with Crippen LogP contribution in [0.2, 0.25) is 5.02 Å². The number of phenols is 1. The van der Waals surface area contributed by atoms with Crippen LogP contribution in [0, 0.1) is 5.82 Å². The molecular formula is C20H13ClF4N2O2. The molecule has 0 radical (unpaired) electrons. The lowest BCUT2D eigenvalue weighted by atomic mass is 9.88. The topological polar surface area (TPSA) is 78.8 Å². The number of benzene rings is 3. The van der Waals surface area contributed by atoms with E-state index in [0.717, 1.165) is 18.2 Å². The van der Waals surface area contributed by atoms with Crippen molar-refractivity contribution in [3.05, 3.63) is 76.6 Å². The number of alkyl halides is 3. The number of phenolic OH excluding ortho intramolecular Hbond substituents is 1. The maximum absolute atomic E-state index is 14.0.